The van der Waals surface area contributed by atoms with Crippen molar-refractivity contribution < 1.29 is 9.13 Å². The number of alkyl halides is 1. The summed E-state index contributed by atoms with van der Waals surface area (Å²) in [6.07, 6.45) is 13.3. The third-order valence-corrected chi connectivity index (χ3v) is 7.77. The van der Waals surface area contributed by atoms with E-state index in [9.17, 15) is 4.39 Å². The maximum absolute atomic E-state index is 12.3. The first-order valence-electron chi connectivity index (χ1n) is 12.1. The van der Waals surface area contributed by atoms with E-state index in [1.54, 1.807) is 5.56 Å². The Balaban J connectivity index is 1.24. The molecule has 2 aliphatic rings. The van der Waals surface area contributed by atoms with Crippen LogP contribution in [0.5, 0.6) is 5.75 Å². The number of hydrogen-bond acceptors (Lipinski definition) is 1. The second-order valence-electron chi connectivity index (χ2n) is 9.54. The van der Waals surface area contributed by atoms with Gasteiger partial charge in [0.15, 0.2) is 0 Å². The second kappa shape index (κ2) is 10.5. The molecule has 2 aliphatic carbocycles. The van der Waals surface area contributed by atoms with Gasteiger partial charge in [0.1, 0.15) is 5.75 Å². The van der Waals surface area contributed by atoms with E-state index >= 15 is 0 Å². The Morgan fingerprint density at radius 1 is 0.700 bits per heavy atom. The summed E-state index contributed by atoms with van der Waals surface area (Å²) in [6.45, 7) is 1.50. The zero-order valence-electron chi connectivity index (χ0n) is 18.5. The van der Waals surface area contributed by atoms with E-state index in [4.69, 9.17) is 4.74 Å². The van der Waals surface area contributed by atoms with Gasteiger partial charge in [-0.05, 0) is 110 Å². The molecule has 30 heavy (non-hydrogen) atoms. The molecule has 2 aromatic carbocycles. The average molecular weight is 409 g/mol. The molecule has 0 aliphatic heterocycles. The monoisotopic (exact) mass is 408 g/mol. The normalized spacial score (nSPS) is 27.0. The first kappa shape index (κ1) is 21.4. The summed E-state index contributed by atoms with van der Waals surface area (Å²) in [7, 11) is 0. The number of hydrogen-bond donors (Lipinski definition) is 0. The van der Waals surface area contributed by atoms with Gasteiger partial charge < -0.3 is 4.74 Å². The lowest BCUT2D eigenvalue weighted by Gasteiger charge is -2.38. The van der Waals surface area contributed by atoms with Crippen LogP contribution in [0.1, 0.15) is 93.2 Å². The summed E-state index contributed by atoms with van der Waals surface area (Å²) in [5.41, 5.74) is 4.45. The van der Waals surface area contributed by atoms with Crippen LogP contribution in [0.4, 0.5) is 4.39 Å². The molecular formula is C28H37FO. The van der Waals surface area contributed by atoms with Crippen molar-refractivity contribution in [1.29, 1.82) is 0 Å². The Morgan fingerprint density at radius 3 is 1.60 bits per heavy atom. The minimum Gasteiger partial charge on any atom is -0.463 e. The van der Waals surface area contributed by atoms with Crippen molar-refractivity contribution in [3.8, 4) is 5.75 Å². The standard InChI is InChI=1S/C28H37FO/c1-2-3-21-4-6-22(7-5-21)23-8-10-24(11-9-23)25-12-14-26(15-13-25)27-16-18-28(19-17-27)30-20-29/h4-7,16-19,23-26H,2-3,8-15,20H2,1H3. The highest BCUT2D eigenvalue weighted by Crippen LogP contribution is 2.45. The Labute approximate surface area is 182 Å². The summed E-state index contributed by atoms with van der Waals surface area (Å²) in [5, 5.41) is 0. The van der Waals surface area contributed by atoms with Gasteiger partial charge in [0.2, 0.25) is 6.86 Å². The van der Waals surface area contributed by atoms with Gasteiger partial charge >= 0.3 is 0 Å². The molecule has 1 nitrogen and oxygen atoms in total. The van der Waals surface area contributed by atoms with Crippen molar-refractivity contribution in [2.24, 2.45) is 11.8 Å². The molecule has 0 spiro atoms. The molecule has 2 aromatic rings. The van der Waals surface area contributed by atoms with E-state index in [1.165, 1.54) is 75.3 Å². The average Bonchev–Trinajstić information content (AvgIpc) is 2.81. The minimum absolute atomic E-state index is 0.631. The van der Waals surface area contributed by atoms with Crippen LogP contribution in [0.2, 0.25) is 0 Å². The summed E-state index contributed by atoms with van der Waals surface area (Å²) in [6, 6.07) is 17.6. The van der Waals surface area contributed by atoms with Gasteiger partial charge in [-0.25, -0.2) is 4.39 Å². The number of halogens is 1. The van der Waals surface area contributed by atoms with Gasteiger partial charge in [-0.3, -0.25) is 0 Å². The van der Waals surface area contributed by atoms with Crippen LogP contribution >= 0.6 is 0 Å². The van der Waals surface area contributed by atoms with E-state index in [0.717, 1.165) is 17.8 Å². The molecule has 0 aromatic heterocycles. The summed E-state index contributed by atoms with van der Waals surface area (Å²) >= 11 is 0. The van der Waals surface area contributed by atoms with Gasteiger partial charge in [-0.2, -0.15) is 0 Å². The van der Waals surface area contributed by atoms with Gasteiger partial charge in [0.25, 0.3) is 0 Å². The Morgan fingerprint density at radius 2 is 1.17 bits per heavy atom. The van der Waals surface area contributed by atoms with Crippen molar-refractivity contribution in [2.75, 3.05) is 6.86 Å². The molecule has 0 unspecified atom stereocenters. The van der Waals surface area contributed by atoms with E-state index in [1.807, 2.05) is 12.1 Å². The molecule has 0 bridgehead atoms. The van der Waals surface area contributed by atoms with Crippen LogP contribution < -0.4 is 4.74 Å². The third kappa shape index (κ3) is 5.25. The van der Waals surface area contributed by atoms with E-state index in [-0.39, 0.29) is 0 Å². The molecule has 4 rings (SSSR count). The zero-order chi connectivity index (χ0) is 20.8. The highest BCUT2D eigenvalue weighted by molar-refractivity contribution is 5.30. The summed E-state index contributed by atoms with van der Waals surface area (Å²) in [4.78, 5) is 0. The quantitative estimate of drug-likeness (QED) is 0.448. The third-order valence-electron chi connectivity index (χ3n) is 7.77. The van der Waals surface area contributed by atoms with Crippen molar-refractivity contribution in [2.45, 2.75) is 83.0 Å². The van der Waals surface area contributed by atoms with E-state index in [0.29, 0.717) is 11.7 Å². The zero-order valence-corrected chi connectivity index (χ0v) is 18.5. The van der Waals surface area contributed by atoms with E-state index < -0.39 is 6.86 Å². The Bertz CT molecular complexity index is 683. The first-order valence-corrected chi connectivity index (χ1v) is 12.1. The smallest absolute Gasteiger partial charge is 0.228 e. The highest BCUT2D eigenvalue weighted by atomic mass is 19.1. The Kier molecular flexibility index (Phi) is 7.47. The van der Waals surface area contributed by atoms with Crippen LogP contribution in [0, 0.1) is 11.8 Å². The number of benzene rings is 2. The van der Waals surface area contributed by atoms with Crippen molar-refractivity contribution in [3.63, 3.8) is 0 Å². The van der Waals surface area contributed by atoms with Gasteiger partial charge in [-0.1, -0.05) is 49.7 Å². The van der Waals surface area contributed by atoms with Crippen LogP contribution in [-0.2, 0) is 6.42 Å². The van der Waals surface area contributed by atoms with Gasteiger partial charge in [0.05, 0.1) is 0 Å². The van der Waals surface area contributed by atoms with Crippen LogP contribution in [0.25, 0.3) is 0 Å². The number of rotatable bonds is 7. The maximum atomic E-state index is 12.3. The fourth-order valence-electron chi connectivity index (χ4n) is 5.99. The van der Waals surface area contributed by atoms with Crippen molar-refractivity contribution in [1.82, 2.24) is 0 Å². The van der Waals surface area contributed by atoms with Crippen LogP contribution in [-0.4, -0.2) is 6.86 Å². The fraction of sp³-hybridized carbons (Fsp3) is 0.571. The molecule has 0 atom stereocenters. The molecule has 0 radical (unpaired) electrons. The lowest BCUT2D eigenvalue weighted by molar-refractivity contribution is 0.177. The van der Waals surface area contributed by atoms with E-state index in [2.05, 4.69) is 43.3 Å². The fourth-order valence-corrected chi connectivity index (χ4v) is 5.99. The molecule has 162 valence electrons. The molecule has 2 heteroatoms. The first-order chi connectivity index (χ1) is 14.8. The van der Waals surface area contributed by atoms with Gasteiger partial charge in [-0.15, -0.1) is 0 Å². The molecular weight excluding hydrogens is 371 g/mol. The largest absolute Gasteiger partial charge is 0.463 e. The van der Waals surface area contributed by atoms with Crippen molar-refractivity contribution >= 4 is 0 Å². The summed E-state index contributed by atoms with van der Waals surface area (Å²) in [5.74, 6) is 3.92. The Hall–Kier alpha value is -1.83. The maximum Gasteiger partial charge on any atom is 0.228 e. The van der Waals surface area contributed by atoms with Crippen LogP contribution in [0.3, 0.4) is 0 Å². The minimum atomic E-state index is -0.753. The summed E-state index contributed by atoms with van der Waals surface area (Å²) < 4.78 is 17.2. The van der Waals surface area contributed by atoms with Crippen LogP contribution in [0.15, 0.2) is 48.5 Å². The number of ether oxygens (including phenoxy) is 1. The topological polar surface area (TPSA) is 9.23 Å². The molecule has 0 N–H and O–H groups in total. The lowest BCUT2D eigenvalue weighted by Crippen LogP contribution is -2.25. The van der Waals surface area contributed by atoms with Crippen molar-refractivity contribution in [3.05, 3.63) is 65.2 Å². The second-order valence-corrected chi connectivity index (χ2v) is 9.54. The lowest BCUT2D eigenvalue weighted by atomic mass is 9.67. The molecule has 2 saturated carbocycles. The number of aryl methyl sites for hydroxylation is 1. The van der Waals surface area contributed by atoms with Gasteiger partial charge in [0, 0.05) is 0 Å². The molecule has 2 fully saturated rings. The molecule has 0 heterocycles. The molecule has 0 saturated heterocycles. The predicted octanol–water partition coefficient (Wildman–Crippen LogP) is 8.19. The molecule has 0 amide bonds. The SMILES string of the molecule is CCCc1ccc(C2CCC(C3CCC(c4ccc(OCF)cc4)CC3)CC2)cc1. The highest BCUT2D eigenvalue weighted by Gasteiger charge is 2.31. The predicted molar refractivity (Wildman–Crippen MR) is 123 cm³/mol.